The molecule has 0 saturated carbocycles. The Balaban J connectivity index is 2.49. The van der Waals surface area contributed by atoms with Gasteiger partial charge in [0, 0.05) is 6.54 Å². The number of allylic oxidation sites excluding steroid dienone is 1. The first-order chi connectivity index (χ1) is 8.26. The number of rotatable bonds is 4. The zero-order chi connectivity index (χ0) is 12.3. The van der Waals surface area contributed by atoms with Crippen LogP contribution in [0.2, 0.25) is 0 Å². The average molecular weight is 231 g/mol. The Kier molecular flexibility index (Phi) is 3.37. The van der Waals surface area contributed by atoms with Crippen molar-refractivity contribution in [2.45, 2.75) is 33.2 Å². The predicted molar refractivity (Wildman–Crippen MR) is 69.4 cm³/mol. The van der Waals surface area contributed by atoms with Gasteiger partial charge in [0.15, 0.2) is 17.3 Å². The number of hydrogen-bond donors (Lipinski definition) is 1. The number of aryl methyl sites for hydroxylation is 1. The second-order valence-corrected chi connectivity index (χ2v) is 3.93. The quantitative estimate of drug-likeness (QED) is 0.876. The Hall–Kier alpha value is -1.91. The summed E-state index contributed by atoms with van der Waals surface area (Å²) in [5.74, 6) is 1.08. The average Bonchev–Trinajstić information content (AvgIpc) is 2.70. The summed E-state index contributed by atoms with van der Waals surface area (Å²) < 4.78 is 2.03. The predicted octanol–water partition coefficient (Wildman–Crippen LogP) is 2.24. The molecule has 5 heteroatoms. The fourth-order valence-electron chi connectivity index (χ4n) is 1.70. The fourth-order valence-corrected chi connectivity index (χ4v) is 1.70. The smallest absolute Gasteiger partial charge is 0.166 e. The number of hydrogen-bond acceptors (Lipinski definition) is 4. The zero-order valence-corrected chi connectivity index (χ0v) is 10.2. The van der Waals surface area contributed by atoms with Crippen molar-refractivity contribution in [1.29, 1.82) is 0 Å². The summed E-state index contributed by atoms with van der Waals surface area (Å²) in [4.78, 5) is 12.9. The van der Waals surface area contributed by atoms with E-state index in [0.29, 0.717) is 17.2 Å². The molecule has 0 radical (unpaired) electrons. The van der Waals surface area contributed by atoms with Gasteiger partial charge >= 0.3 is 0 Å². The molecule has 0 amide bonds. The third-order valence-corrected chi connectivity index (χ3v) is 2.58. The minimum Gasteiger partial charge on any atom is -0.382 e. The summed E-state index contributed by atoms with van der Waals surface area (Å²) in [5.41, 5.74) is 7.38. The second-order valence-electron chi connectivity index (χ2n) is 3.93. The van der Waals surface area contributed by atoms with Gasteiger partial charge in [0.2, 0.25) is 0 Å². The highest BCUT2D eigenvalue weighted by Gasteiger charge is 2.09. The molecular formula is C12H17N5. The second kappa shape index (κ2) is 4.95. The molecule has 0 fully saturated rings. The molecule has 2 heterocycles. The molecule has 0 unspecified atom stereocenters. The minimum absolute atomic E-state index is 0.443. The van der Waals surface area contributed by atoms with Crippen molar-refractivity contribution in [3.05, 3.63) is 18.2 Å². The lowest BCUT2D eigenvalue weighted by atomic mass is 10.3. The molecule has 2 aromatic heterocycles. The van der Waals surface area contributed by atoms with Crippen LogP contribution in [0, 0.1) is 0 Å². The van der Waals surface area contributed by atoms with Gasteiger partial charge < -0.3 is 10.3 Å². The van der Waals surface area contributed by atoms with E-state index in [1.54, 1.807) is 6.33 Å². The standard InChI is InChI=1S/C12H17N5/c1-3-5-7-17-8-14-10-11(13)15-9(6-4-2)16-12(10)17/h4,6,8H,3,5,7H2,1-2H3,(H2,13,15,16)/b6-4-. The van der Waals surface area contributed by atoms with E-state index in [2.05, 4.69) is 21.9 Å². The number of nitrogens with two attached hydrogens (primary N) is 1. The highest BCUT2D eigenvalue weighted by atomic mass is 15.1. The molecule has 2 N–H and O–H groups in total. The number of anilines is 1. The Morgan fingerprint density at radius 2 is 2.24 bits per heavy atom. The van der Waals surface area contributed by atoms with E-state index < -0.39 is 0 Å². The van der Waals surface area contributed by atoms with Gasteiger partial charge in [-0.15, -0.1) is 0 Å². The van der Waals surface area contributed by atoms with Crippen LogP contribution in [0.4, 0.5) is 5.82 Å². The minimum atomic E-state index is 0.443. The summed E-state index contributed by atoms with van der Waals surface area (Å²) in [6.45, 7) is 5.00. The zero-order valence-electron chi connectivity index (χ0n) is 10.2. The lowest BCUT2D eigenvalue weighted by Crippen LogP contribution is -2.01. The summed E-state index contributed by atoms with van der Waals surface area (Å²) in [6, 6.07) is 0. The Morgan fingerprint density at radius 3 is 2.94 bits per heavy atom. The van der Waals surface area contributed by atoms with E-state index in [0.717, 1.165) is 25.0 Å². The number of nitrogen functional groups attached to an aromatic ring is 1. The largest absolute Gasteiger partial charge is 0.382 e. The van der Waals surface area contributed by atoms with Crippen LogP contribution in [-0.4, -0.2) is 19.5 Å². The highest BCUT2D eigenvalue weighted by Crippen LogP contribution is 2.17. The molecule has 0 aliphatic rings. The lowest BCUT2D eigenvalue weighted by Gasteiger charge is -2.03. The maximum Gasteiger partial charge on any atom is 0.166 e. The normalized spacial score (nSPS) is 11.6. The van der Waals surface area contributed by atoms with Crippen molar-refractivity contribution < 1.29 is 0 Å². The van der Waals surface area contributed by atoms with E-state index in [1.807, 2.05) is 23.6 Å². The Morgan fingerprint density at radius 1 is 1.41 bits per heavy atom. The monoisotopic (exact) mass is 231 g/mol. The number of imidazole rings is 1. The van der Waals surface area contributed by atoms with E-state index in [9.17, 15) is 0 Å². The first kappa shape index (κ1) is 11.6. The number of fused-ring (bicyclic) bond motifs is 1. The lowest BCUT2D eigenvalue weighted by molar-refractivity contribution is 0.641. The van der Waals surface area contributed by atoms with Crippen molar-refractivity contribution in [1.82, 2.24) is 19.5 Å². The van der Waals surface area contributed by atoms with Gasteiger partial charge in [-0.3, -0.25) is 0 Å². The molecule has 0 saturated heterocycles. The molecule has 0 atom stereocenters. The third-order valence-electron chi connectivity index (χ3n) is 2.58. The molecule has 0 aliphatic heterocycles. The maximum absolute atomic E-state index is 5.87. The molecule has 5 nitrogen and oxygen atoms in total. The molecule has 0 aliphatic carbocycles. The van der Waals surface area contributed by atoms with Gasteiger partial charge in [-0.05, 0) is 19.4 Å². The first-order valence-corrected chi connectivity index (χ1v) is 5.87. The topological polar surface area (TPSA) is 69.6 Å². The highest BCUT2D eigenvalue weighted by molar-refractivity contribution is 5.82. The van der Waals surface area contributed by atoms with Gasteiger partial charge in [0.25, 0.3) is 0 Å². The number of aromatic nitrogens is 4. The first-order valence-electron chi connectivity index (χ1n) is 5.87. The molecule has 0 spiro atoms. The van der Waals surface area contributed by atoms with E-state index in [-0.39, 0.29) is 0 Å². The van der Waals surface area contributed by atoms with Crippen molar-refractivity contribution >= 4 is 23.1 Å². The van der Waals surface area contributed by atoms with Gasteiger partial charge in [0.1, 0.15) is 5.52 Å². The molecule has 17 heavy (non-hydrogen) atoms. The van der Waals surface area contributed by atoms with Crippen LogP contribution in [0.3, 0.4) is 0 Å². The summed E-state index contributed by atoms with van der Waals surface area (Å²) in [7, 11) is 0. The van der Waals surface area contributed by atoms with Crippen molar-refractivity contribution in [2.24, 2.45) is 0 Å². The number of unbranched alkanes of at least 4 members (excludes halogenated alkanes) is 1. The third kappa shape index (κ3) is 2.27. The van der Waals surface area contributed by atoms with Gasteiger partial charge in [-0.1, -0.05) is 19.4 Å². The molecule has 2 aromatic rings. The van der Waals surface area contributed by atoms with Crippen LogP contribution in [0.5, 0.6) is 0 Å². The van der Waals surface area contributed by atoms with Gasteiger partial charge in [0.05, 0.1) is 6.33 Å². The SMILES string of the molecule is C/C=C\c1nc(N)c2ncn(CCCC)c2n1. The van der Waals surface area contributed by atoms with Crippen molar-refractivity contribution in [2.75, 3.05) is 5.73 Å². The molecule has 0 aromatic carbocycles. The Bertz CT molecular complexity index is 541. The van der Waals surface area contributed by atoms with Crippen molar-refractivity contribution in [3.8, 4) is 0 Å². The Labute approximate surface area is 100 Å². The number of nitrogens with zero attached hydrogens (tertiary/aromatic N) is 4. The summed E-state index contributed by atoms with van der Waals surface area (Å²) >= 11 is 0. The fraction of sp³-hybridized carbons (Fsp3) is 0.417. The molecule has 90 valence electrons. The van der Waals surface area contributed by atoms with Crippen molar-refractivity contribution in [3.63, 3.8) is 0 Å². The van der Waals surface area contributed by atoms with E-state index >= 15 is 0 Å². The molecule has 0 bridgehead atoms. The van der Waals surface area contributed by atoms with Crippen LogP contribution in [0.25, 0.3) is 17.2 Å². The van der Waals surface area contributed by atoms with E-state index in [4.69, 9.17) is 5.73 Å². The summed E-state index contributed by atoms with van der Waals surface area (Å²) in [5, 5.41) is 0. The van der Waals surface area contributed by atoms with Crippen LogP contribution in [0.1, 0.15) is 32.5 Å². The van der Waals surface area contributed by atoms with Crippen LogP contribution >= 0.6 is 0 Å². The van der Waals surface area contributed by atoms with Gasteiger partial charge in [-0.25, -0.2) is 15.0 Å². The van der Waals surface area contributed by atoms with E-state index in [1.165, 1.54) is 0 Å². The van der Waals surface area contributed by atoms with Crippen LogP contribution < -0.4 is 5.73 Å². The summed E-state index contributed by atoms with van der Waals surface area (Å²) in [6.07, 6.45) is 7.77. The van der Waals surface area contributed by atoms with Crippen LogP contribution in [-0.2, 0) is 6.54 Å². The maximum atomic E-state index is 5.87. The molecule has 2 rings (SSSR count). The van der Waals surface area contributed by atoms with Gasteiger partial charge in [-0.2, -0.15) is 0 Å². The van der Waals surface area contributed by atoms with Crippen LogP contribution in [0.15, 0.2) is 12.4 Å². The molecular weight excluding hydrogens is 214 g/mol.